The van der Waals surface area contributed by atoms with Crippen LogP contribution in [0.4, 0.5) is 0 Å². The second kappa shape index (κ2) is 9.87. The molecule has 5 nitrogen and oxygen atoms in total. The highest BCUT2D eigenvalue weighted by Gasteiger charge is 2.19. The van der Waals surface area contributed by atoms with Crippen LogP contribution >= 0.6 is 11.6 Å². The summed E-state index contributed by atoms with van der Waals surface area (Å²) in [5.41, 5.74) is 0. The lowest BCUT2D eigenvalue weighted by Gasteiger charge is -2.34. The Labute approximate surface area is 149 Å². The van der Waals surface area contributed by atoms with Gasteiger partial charge in [-0.1, -0.05) is 24.6 Å². The molecule has 1 heterocycles. The Morgan fingerprint density at radius 2 is 2.00 bits per heavy atom. The fourth-order valence-electron chi connectivity index (χ4n) is 2.65. The fraction of sp³-hybridized carbons (Fsp3) is 0.611. The fourth-order valence-corrected chi connectivity index (χ4v) is 2.83. The second-order valence-electron chi connectivity index (χ2n) is 6.30. The predicted molar refractivity (Wildman–Crippen MR) is 97.7 cm³/mol. The van der Waals surface area contributed by atoms with E-state index in [0.717, 1.165) is 44.9 Å². The molecule has 1 amide bonds. The number of ether oxygens (including phenoxy) is 1. The van der Waals surface area contributed by atoms with Gasteiger partial charge in [-0.25, -0.2) is 0 Å². The second-order valence-corrected chi connectivity index (χ2v) is 6.74. The zero-order valence-corrected chi connectivity index (χ0v) is 15.4. The molecule has 0 aliphatic carbocycles. The normalized spacial score (nSPS) is 17.5. The summed E-state index contributed by atoms with van der Waals surface area (Å²) in [5, 5.41) is 3.71. The van der Waals surface area contributed by atoms with Crippen molar-refractivity contribution >= 4 is 17.5 Å². The largest absolute Gasteiger partial charge is 0.492 e. The first-order valence-electron chi connectivity index (χ1n) is 8.69. The number of carbonyl (C=O) groups is 1. The number of rotatable bonds is 8. The lowest BCUT2D eigenvalue weighted by molar-refractivity contribution is -0.123. The SMILES string of the molecule is CCC(C)NC(=O)CN1CCN(CCOc2cccc(Cl)c2)CC1. The zero-order chi connectivity index (χ0) is 17.4. The van der Waals surface area contributed by atoms with Crippen LogP contribution in [0.25, 0.3) is 0 Å². The lowest BCUT2D eigenvalue weighted by atomic mass is 10.2. The Morgan fingerprint density at radius 1 is 1.29 bits per heavy atom. The Morgan fingerprint density at radius 3 is 2.67 bits per heavy atom. The minimum absolute atomic E-state index is 0.127. The summed E-state index contributed by atoms with van der Waals surface area (Å²) in [6.07, 6.45) is 0.964. The molecule has 6 heteroatoms. The van der Waals surface area contributed by atoms with Gasteiger partial charge < -0.3 is 10.1 Å². The van der Waals surface area contributed by atoms with Gasteiger partial charge in [-0.05, 0) is 31.5 Å². The van der Waals surface area contributed by atoms with E-state index in [0.29, 0.717) is 18.2 Å². The quantitative estimate of drug-likeness (QED) is 0.778. The van der Waals surface area contributed by atoms with Crippen molar-refractivity contribution in [3.63, 3.8) is 0 Å². The molecule has 134 valence electrons. The van der Waals surface area contributed by atoms with Crippen LogP contribution < -0.4 is 10.1 Å². The smallest absolute Gasteiger partial charge is 0.234 e. The maximum absolute atomic E-state index is 11.9. The van der Waals surface area contributed by atoms with Gasteiger partial charge in [0.1, 0.15) is 12.4 Å². The molecule has 0 radical (unpaired) electrons. The number of carbonyl (C=O) groups excluding carboxylic acids is 1. The average molecular weight is 354 g/mol. The highest BCUT2D eigenvalue weighted by Crippen LogP contribution is 2.17. The molecule has 1 unspecified atom stereocenters. The summed E-state index contributed by atoms with van der Waals surface area (Å²) in [6, 6.07) is 7.73. The summed E-state index contributed by atoms with van der Waals surface area (Å²) in [7, 11) is 0. The van der Waals surface area contributed by atoms with Crippen LogP contribution in [0.1, 0.15) is 20.3 Å². The van der Waals surface area contributed by atoms with Crippen molar-refractivity contribution in [2.75, 3.05) is 45.9 Å². The zero-order valence-electron chi connectivity index (χ0n) is 14.6. The molecule has 1 aliphatic heterocycles. The van der Waals surface area contributed by atoms with E-state index in [2.05, 4.69) is 22.0 Å². The van der Waals surface area contributed by atoms with Crippen LogP contribution in [0.3, 0.4) is 0 Å². The van der Waals surface area contributed by atoms with E-state index in [-0.39, 0.29) is 11.9 Å². The molecule has 0 bridgehead atoms. The summed E-state index contributed by atoms with van der Waals surface area (Å²) in [5.74, 6) is 0.935. The first-order valence-corrected chi connectivity index (χ1v) is 9.07. The van der Waals surface area contributed by atoms with Gasteiger partial charge in [0.25, 0.3) is 0 Å². The molecule has 0 saturated carbocycles. The average Bonchev–Trinajstić information content (AvgIpc) is 2.56. The topological polar surface area (TPSA) is 44.8 Å². The van der Waals surface area contributed by atoms with Gasteiger partial charge in [0, 0.05) is 43.8 Å². The Balaban J connectivity index is 1.61. The van der Waals surface area contributed by atoms with Gasteiger partial charge in [-0.15, -0.1) is 0 Å². The van der Waals surface area contributed by atoms with Crippen LogP contribution in [-0.4, -0.2) is 67.6 Å². The molecule has 0 spiro atoms. The third-order valence-electron chi connectivity index (χ3n) is 4.32. The number of nitrogens with zero attached hydrogens (tertiary/aromatic N) is 2. The molecule has 1 aromatic rings. The number of nitrogens with one attached hydrogen (secondary N) is 1. The van der Waals surface area contributed by atoms with Gasteiger partial charge in [-0.2, -0.15) is 0 Å². The molecule has 1 fully saturated rings. The van der Waals surface area contributed by atoms with Crippen molar-refractivity contribution in [1.82, 2.24) is 15.1 Å². The van der Waals surface area contributed by atoms with Crippen LogP contribution in [0.5, 0.6) is 5.75 Å². The van der Waals surface area contributed by atoms with E-state index < -0.39 is 0 Å². The number of halogens is 1. The van der Waals surface area contributed by atoms with Crippen LogP contribution in [0, 0.1) is 0 Å². The van der Waals surface area contributed by atoms with Crippen molar-refractivity contribution in [1.29, 1.82) is 0 Å². The molecular formula is C18H28ClN3O2. The van der Waals surface area contributed by atoms with E-state index in [4.69, 9.17) is 16.3 Å². The van der Waals surface area contributed by atoms with Gasteiger partial charge in [-0.3, -0.25) is 14.6 Å². The number of benzene rings is 1. The minimum Gasteiger partial charge on any atom is -0.492 e. The predicted octanol–water partition coefficient (Wildman–Crippen LogP) is 2.25. The number of hydrogen-bond acceptors (Lipinski definition) is 4. The Kier molecular flexibility index (Phi) is 7.82. The molecule has 1 saturated heterocycles. The molecule has 24 heavy (non-hydrogen) atoms. The Hall–Kier alpha value is -1.30. The minimum atomic E-state index is 0.127. The van der Waals surface area contributed by atoms with Crippen molar-refractivity contribution in [2.45, 2.75) is 26.3 Å². The molecule has 2 rings (SSSR count). The highest BCUT2D eigenvalue weighted by molar-refractivity contribution is 6.30. The first kappa shape index (κ1) is 19.0. The van der Waals surface area contributed by atoms with Crippen molar-refractivity contribution in [3.05, 3.63) is 29.3 Å². The van der Waals surface area contributed by atoms with Gasteiger partial charge in [0.15, 0.2) is 0 Å². The van der Waals surface area contributed by atoms with Crippen LogP contribution in [0.2, 0.25) is 5.02 Å². The molecule has 1 aliphatic rings. The maximum Gasteiger partial charge on any atom is 0.234 e. The van der Waals surface area contributed by atoms with E-state index in [1.54, 1.807) is 0 Å². The monoisotopic (exact) mass is 353 g/mol. The number of amides is 1. The van der Waals surface area contributed by atoms with Crippen molar-refractivity contribution in [2.24, 2.45) is 0 Å². The summed E-state index contributed by atoms with van der Waals surface area (Å²) >= 11 is 5.94. The maximum atomic E-state index is 11.9. The highest BCUT2D eigenvalue weighted by atomic mass is 35.5. The van der Waals surface area contributed by atoms with Crippen molar-refractivity contribution in [3.8, 4) is 5.75 Å². The van der Waals surface area contributed by atoms with Gasteiger partial charge >= 0.3 is 0 Å². The Bertz CT molecular complexity index is 519. The summed E-state index contributed by atoms with van der Waals surface area (Å²) in [6.45, 7) is 9.93. The van der Waals surface area contributed by atoms with E-state index in [9.17, 15) is 4.79 Å². The van der Waals surface area contributed by atoms with Gasteiger partial charge in [0.05, 0.1) is 6.54 Å². The van der Waals surface area contributed by atoms with E-state index in [1.165, 1.54) is 0 Å². The van der Waals surface area contributed by atoms with E-state index >= 15 is 0 Å². The molecule has 1 atom stereocenters. The van der Waals surface area contributed by atoms with Crippen LogP contribution in [-0.2, 0) is 4.79 Å². The lowest BCUT2D eigenvalue weighted by Crippen LogP contribution is -2.50. The number of hydrogen-bond donors (Lipinski definition) is 1. The summed E-state index contributed by atoms with van der Waals surface area (Å²) < 4.78 is 5.73. The molecular weight excluding hydrogens is 326 g/mol. The van der Waals surface area contributed by atoms with Gasteiger partial charge in [0.2, 0.25) is 5.91 Å². The van der Waals surface area contributed by atoms with Crippen LogP contribution in [0.15, 0.2) is 24.3 Å². The molecule has 0 aromatic heterocycles. The molecule has 1 aromatic carbocycles. The third kappa shape index (κ3) is 6.67. The molecule has 1 N–H and O–H groups in total. The van der Waals surface area contributed by atoms with E-state index in [1.807, 2.05) is 31.2 Å². The third-order valence-corrected chi connectivity index (χ3v) is 4.56. The van der Waals surface area contributed by atoms with Crippen molar-refractivity contribution < 1.29 is 9.53 Å². The standard InChI is InChI=1S/C18H28ClN3O2/c1-3-15(2)20-18(23)14-22-9-7-21(8-10-22)11-12-24-17-6-4-5-16(19)13-17/h4-6,13,15H,3,7-12,14H2,1-2H3,(H,20,23). The number of piperazine rings is 1. The summed E-state index contributed by atoms with van der Waals surface area (Å²) in [4.78, 5) is 16.5. The first-order chi connectivity index (χ1) is 11.6.